The molecule has 0 aliphatic rings. The molecule has 174 valence electrons. The first-order valence-corrected chi connectivity index (χ1v) is 9.90. The van der Waals surface area contributed by atoms with Gasteiger partial charge in [0.2, 0.25) is 0 Å². The Morgan fingerprint density at radius 3 is 2.03 bits per heavy atom. The first-order chi connectivity index (χ1) is 15.3. The van der Waals surface area contributed by atoms with Crippen molar-refractivity contribution in [2.45, 2.75) is 12.4 Å². The molecule has 3 aromatic rings. The zero-order valence-electron chi connectivity index (χ0n) is 16.0. The summed E-state index contributed by atoms with van der Waals surface area (Å²) in [5.74, 6) is -0.221. The van der Waals surface area contributed by atoms with Gasteiger partial charge in [0.15, 0.2) is 5.11 Å². The molecule has 0 bridgehead atoms. The maximum Gasteiger partial charge on any atom is 0.416 e. The number of halogens is 8. The van der Waals surface area contributed by atoms with Crippen molar-refractivity contribution in [1.29, 1.82) is 0 Å². The zero-order valence-corrected chi connectivity index (χ0v) is 18.3. The third kappa shape index (κ3) is 5.98. The fraction of sp³-hybridized carbons (Fsp3) is 0.100. The molecule has 0 aliphatic heterocycles. The molecule has 0 atom stereocenters. The molecular formula is C20H11Cl2F6N3OS. The standard InChI is InChI=1S/C20H11Cl2F6N3OS/c21-15-3-1-13(8-16(15)22)31(18(29)33)30-9-14-2-4-17(32-14)10-5-11(19(23,24)25)7-12(6-10)20(26,27)28/h1-9H,(H2,29,33)/b30-9+. The number of benzene rings is 2. The van der Waals surface area contributed by atoms with E-state index >= 15 is 0 Å². The molecule has 0 spiro atoms. The van der Waals surface area contributed by atoms with Gasteiger partial charge in [-0.2, -0.15) is 31.4 Å². The van der Waals surface area contributed by atoms with Crippen LogP contribution >= 0.6 is 35.4 Å². The SMILES string of the molecule is NC(=S)N(/N=C/c1ccc(-c2cc(C(F)(F)F)cc(C(F)(F)F)c2)o1)c1ccc(Cl)c(Cl)c1. The van der Waals surface area contributed by atoms with Crippen LogP contribution in [-0.4, -0.2) is 11.3 Å². The van der Waals surface area contributed by atoms with Crippen molar-refractivity contribution in [2.75, 3.05) is 5.01 Å². The van der Waals surface area contributed by atoms with Gasteiger partial charge in [-0.25, -0.2) is 5.01 Å². The normalized spacial score (nSPS) is 12.4. The second kappa shape index (κ2) is 9.24. The van der Waals surface area contributed by atoms with Crippen molar-refractivity contribution in [3.8, 4) is 11.3 Å². The molecule has 33 heavy (non-hydrogen) atoms. The lowest BCUT2D eigenvalue weighted by molar-refractivity contribution is -0.143. The smallest absolute Gasteiger partial charge is 0.416 e. The topological polar surface area (TPSA) is 54.8 Å². The maximum absolute atomic E-state index is 13.1. The van der Waals surface area contributed by atoms with Crippen LogP contribution < -0.4 is 10.7 Å². The van der Waals surface area contributed by atoms with Crippen molar-refractivity contribution in [1.82, 2.24) is 0 Å². The predicted molar refractivity (Wildman–Crippen MR) is 117 cm³/mol. The molecule has 2 N–H and O–H groups in total. The van der Waals surface area contributed by atoms with E-state index in [9.17, 15) is 26.3 Å². The van der Waals surface area contributed by atoms with Crippen molar-refractivity contribution >= 4 is 52.4 Å². The van der Waals surface area contributed by atoms with E-state index in [4.69, 9.17) is 45.6 Å². The van der Waals surface area contributed by atoms with E-state index < -0.39 is 29.0 Å². The molecule has 0 aliphatic carbocycles. The van der Waals surface area contributed by atoms with E-state index in [-0.39, 0.29) is 32.7 Å². The number of nitrogens with zero attached hydrogens (tertiary/aromatic N) is 2. The molecule has 2 aromatic carbocycles. The Hall–Kier alpha value is -2.76. The summed E-state index contributed by atoms with van der Waals surface area (Å²) < 4.78 is 83.9. The number of furan rings is 1. The van der Waals surface area contributed by atoms with Crippen LogP contribution in [0.1, 0.15) is 16.9 Å². The Labute approximate surface area is 198 Å². The average molecular weight is 526 g/mol. The van der Waals surface area contributed by atoms with Crippen LogP contribution in [0.3, 0.4) is 0 Å². The van der Waals surface area contributed by atoms with E-state index in [0.29, 0.717) is 17.8 Å². The van der Waals surface area contributed by atoms with Crippen LogP contribution in [0.5, 0.6) is 0 Å². The van der Waals surface area contributed by atoms with Crippen LogP contribution in [0, 0.1) is 0 Å². The molecule has 1 aromatic heterocycles. The van der Waals surface area contributed by atoms with Crippen molar-refractivity contribution < 1.29 is 30.8 Å². The predicted octanol–water partition coefficient (Wildman–Crippen LogP) is 7.38. The number of hydrazone groups is 1. The largest absolute Gasteiger partial charge is 0.455 e. The van der Waals surface area contributed by atoms with Crippen LogP contribution in [0.25, 0.3) is 11.3 Å². The fourth-order valence-electron chi connectivity index (χ4n) is 2.66. The first-order valence-electron chi connectivity index (χ1n) is 8.74. The second-order valence-corrected chi connectivity index (χ2v) is 7.72. The minimum absolute atomic E-state index is 0.0114. The summed E-state index contributed by atoms with van der Waals surface area (Å²) in [5.41, 5.74) is 2.68. The fourth-order valence-corrected chi connectivity index (χ4v) is 3.10. The number of rotatable bonds is 4. The molecule has 0 unspecified atom stereocenters. The van der Waals surface area contributed by atoms with Crippen LogP contribution in [0.15, 0.2) is 58.0 Å². The number of alkyl halides is 6. The van der Waals surface area contributed by atoms with Gasteiger partial charge in [0.25, 0.3) is 0 Å². The molecule has 0 amide bonds. The van der Waals surface area contributed by atoms with Crippen LogP contribution in [-0.2, 0) is 12.4 Å². The molecule has 13 heteroatoms. The Morgan fingerprint density at radius 2 is 1.52 bits per heavy atom. The third-order valence-electron chi connectivity index (χ3n) is 4.16. The van der Waals surface area contributed by atoms with E-state index in [0.717, 1.165) is 11.2 Å². The summed E-state index contributed by atoms with van der Waals surface area (Å²) in [6.45, 7) is 0. The van der Waals surface area contributed by atoms with E-state index in [2.05, 4.69) is 5.10 Å². The summed E-state index contributed by atoms with van der Waals surface area (Å²) in [6, 6.07) is 8.12. The number of nitrogens with two attached hydrogens (primary N) is 1. The zero-order chi connectivity index (χ0) is 24.6. The van der Waals surface area contributed by atoms with Gasteiger partial charge >= 0.3 is 12.4 Å². The summed E-state index contributed by atoms with van der Waals surface area (Å²) in [4.78, 5) is 0. The average Bonchev–Trinajstić information content (AvgIpc) is 3.18. The van der Waals surface area contributed by atoms with Gasteiger partial charge in [-0.05, 0) is 60.7 Å². The Balaban J connectivity index is 1.95. The van der Waals surface area contributed by atoms with E-state index in [1.807, 2.05) is 0 Å². The monoisotopic (exact) mass is 525 g/mol. The van der Waals surface area contributed by atoms with Gasteiger partial charge in [-0.3, -0.25) is 0 Å². The number of thiocarbonyl (C=S) groups is 1. The highest BCUT2D eigenvalue weighted by atomic mass is 35.5. The van der Waals surface area contributed by atoms with Gasteiger partial charge in [-0.15, -0.1) is 0 Å². The summed E-state index contributed by atoms with van der Waals surface area (Å²) in [6.07, 6.45) is -8.84. The summed E-state index contributed by atoms with van der Waals surface area (Å²) >= 11 is 16.8. The van der Waals surface area contributed by atoms with E-state index in [1.54, 1.807) is 0 Å². The highest BCUT2D eigenvalue weighted by molar-refractivity contribution is 7.80. The van der Waals surface area contributed by atoms with E-state index in [1.165, 1.54) is 30.3 Å². The van der Waals surface area contributed by atoms with Crippen LogP contribution in [0.4, 0.5) is 32.0 Å². The van der Waals surface area contributed by atoms with Crippen molar-refractivity contribution in [2.24, 2.45) is 10.8 Å². The highest BCUT2D eigenvalue weighted by Gasteiger charge is 2.37. The molecule has 0 radical (unpaired) electrons. The lowest BCUT2D eigenvalue weighted by Crippen LogP contribution is -2.30. The van der Waals surface area contributed by atoms with Gasteiger partial charge in [0.05, 0.1) is 33.1 Å². The Morgan fingerprint density at radius 1 is 0.909 bits per heavy atom. The molecular weight excluding hydrogens is 515 g/mol. The highest BCUT2D eigenvalue weighted by Crippen LogP contribution is 2.39. The number of hydrogen-bond acceptors (Lipinski definition) is 3. The molecule has 4 nitrogen and oxygen atoms in total. The number of hydrogen-bond donors (Lipinski definition) is 1. The minimum atomic E-state index is -4.98. The van der Waals surface area contributed by atoms with Gasteiger partial charge in [0, 0.05) is 5.56 Å². The third-order valence-corrected chi connectivity index (χ3v) is 5.07. The minimum Gasteiger partial charge on any atom is -0.455 e. The molecule has 0 saturated carbocycles. The molecule has 1 heterocycles. The Bertz CT molecular complexity index is 1190. The first kappa shape index (κ1) is 24.9. The van der Waals surface area contributed by atoms with Gasteiger partial charge < -0.3 is 10.2 Å². The molecule has 3 rings (SSSR count). The second-order valence-electron chi connectivity index (χ2n) is 6.49. The maximum atomic E-state index is 13.1. The van der Waals surface area contributed by atoms with Crippen LogP contribution in [0.2, 0.25) is 10.0 Å². The van der Waals surface area contributed by atoms with Crippen molar-refractivity contribution in [3.63, 3.8) is 0 Å². The van der Waals surface area contributed by atoms with Gasteiger partial charge in [0.1, 0.15) is 11.5 Å². The van der Waals surface area contributed by atoms with Gasteiger partial charge in [-0.1, -0.05) is 23.2 Å². The summed E-state index contributed by atoms with van der Waals surface area (Å²) in [5, 5.41) is 5.45. The van der Waals surface area contributed by atoms with Crippen molar-refractivity contribution in [3.05, 3.63) is 75.5 Å². The lowest BCUT2D eigenvalue weighted by Gasteiger charge is -2.16. The summed E-state index contributed by atoms with van der Waals surface area (Å²) in [7, 11) is 0. The number of anilines is 1. The quantitative estimate of drug-likeness (QED) is 0.167. The molecule has 0 fully saturated rings. The Kier molecular flexibility index (Phi) is 6.96. The lowest BCUT2D eigenvalue weighted by atomic mass is 10.0. The molecule has 0 saturated heterocycles.